The third-order valence-corrected chi connectivity index (χ3v) is 6.35. The average Bonchev–Trinajstić information content (AvgIpc) is 2.89. The SMILES string of the molecule is COC(=O)[C@H](CC(C)C)NC(=O)N1CCc2cc(OC)c(OC)cc2[C@H]1c1ccc(OC)c(OC)c1. The van der Waals surface area contributed by atoms with E-state index in [4.69, 9.17) is 23.7 Å². The predicted molar refractivity (Wildman–Crippen MR) is 135 cm³/mol. The summed E-state index contributed by atoms with van der Waals surface area (Å²) in [7, 11) is 7.65. The Kier molecular flexibility index (Phi) is 8.90. The number of esters is 1. The zero-order valence-electron chi connectivity index (χ0n) is 22.0. The highest BCUT2D eigenvalue weighted by atomic mass is 16.5. The summed E-state index contributed by atoms with van der Waals surface area (Å²) < 4.78 is 27.0. The van der Waals surface area contributed by atoms with Crippen molar-refractivity contribution in [2.75, 3.05) is 42.1 Å². The van der Waals surface area contributed by atoms with E-state index in [0.717, 1.165) is 16.7 Å². The minimum absolute atomic E-state index is 0.190. The van der Waals surface area contributed by atoms with Crippen molar-refractivity contribution in [3.63, 3.8) is 0 Å². The fraction of sp³-hybridized carbons (Fsp3) is 0.481. The van der Waals surface area contributed by atoms with Gasteiger partial charge in [0.05, 0.1) is 41.6 Å². The van der Waals surface area contributed by atoms with Crippen LogP contribution in [0.2, 0.25) is 0 Å². The molecule has 0 saturated heterocycles. The molecule has 2 aromatic rings. The van der Waals surface area contributed by atoms with E-state index in [9.17, 15) is 9.59 Å². The number of fused-ring (bicyclic) bond motifs is 1. The largest absolute Gasteiger partial charge is 0.493 e. The van der Waals surface area contributed by atoms with E-state index in [1.54, 1.807) is 33.3 Å². The zero-order chi connectivity index (χ0) is 26.4. The molecule has 3 rings (SSSR count). The first kappa shape index (κ1) is 27.0. The molecule has 2 atom stereocenters. The fourth-order valence-electron chi connectivity index (χ4n) is 4.61. The number of carbonyl (C=O) groups is 2. The summed E-state index contributed by atoms with van der Waals surface area (Å²) in [5, 5.41) is 2.90. The Balaban J connectivity index is 2.10. The van der Waals surface area contributed by atoms with Gasteiger partial charge in [-0.25, -0.2) is 9.59 Å². The van der Waals surface area contributed by atoms with Gasteiger partial charge in [-0.1, -0.05) is 19.9 Å². The Labute approximate surface area is 212 Å². The number of benzene rings is 2. The third kappa shape index (κ3) is 5.61. The van der Waals surface area contributed by atoms with Crippen LogP contribution in [0, 0.1) is 5.92 Å². The van der Waals surface area contributed by atoms with Gasteiger partial charge in [-0.2, -0.15) is 0 Å². The van der Waals surface area contributed by atoms with Crippen LogP contribution in [-0.2, 0) is 16.0 Å². The van der Waals surface area contributed by atoms with E-state index in [1.165, 1.54) is 7.11 Å². The van der Waals surface area contributed by atoms with Crippen LogP contribution in [0.4, 0.5) is 4.79 Å². The van der Waals surface area contributed by atoms with E-state index in [2.05, 4.69) is 5.32 Å². The lowest BCUT2D eigenvalue weighted by atomic mass is 9.87. The second-order valence-electron chi connectivity index (χ2n) is 9.02. The molecular formula is C27H36N2O7. The normalized spacial score (nSPS) is 15.6. The first-order chi connectivity index (χ1) is 17.3. The van der Waals surface area contributed by atoms with Crippen LogP contribution in [0.25, 0.3) is 0 Å². The van der Waals surface area contributed by atoms with Gasteiger partial charge in [-0.15, -0.1) is 0 Å². The monoisotopic (exact) mass is 500 g/mol. The summed E-state index contributed by atoms with van der Waals surface area (Å²) in [6.07, 6.45) is 1.08. The van der Waals surface area contributed by atoms with Gasteiger partial charge in [0, 0.05) is 6.54 Å². The number of amides is 2. The van der Waals surface area contributed by atoms with Crippen LogP contribution >= 0.6 is 0 Å². The maximum Gasteiger partial charge on any atom is 0.328 e. The number of nitrogens with zero attached hydrogens (tertiary/aromatic N) is 1. The van der Waals surface area contributed by atoms with Crippen molar-refractivity contribution in [2.45, 2.75) is 38.8 Å². The van der Waals surface area contributed by atoms with E-state index in [1.807, 2.05) is 44.2 Å². The molecule has 0 unspecified atom stereocenters. The second-order valence-corrected chi connectivity index (χ2v) is 9.02. The number of urea groups is 1. The van der Waals surface area contributed by atoms with Crippen LogP contribution in [-0.4, -0.2) is 65.0 Å². The minimum atomic E-state index is -0.750. The van der Waals surface area contributed by atoms with Gasteiger partial charge in [0.2, 0.25) is 0 Å². The third-order valence-electron chi connectivity index (χ3n) is 6.35. The molecule has 0 bridgehead atoms. The summed E-state index contributed by atoms with van der Waals surface area (Å²) in [5.41, 5.74) is 2.78. The molecule has 0 fully saturated rings. The van der Waals surface area contributed by atoms with Crippen LogP contribution < -0.4 is 24.3 Å². The van der Waals surface area contributed by atoms with Gasteiger partial charge in [-0.05, 0) is 59.7 Å². The van der Waals surface area contributed by atoms with Crippen LogP contribution in [0.5, 0.6) is 23.0 Å². The molecule has 196 valence electrons. The second kappa shape index (κ2) is 11.9. The van der Waals surface area contributed by atoms with E-state index in [-0.39, 0.29) is 11.9 Å². The summed E-state index contributed by atoms with van der Waals surface area (Å²) in [4.78, 5) is 27.8. The Bertz CT molecular complexity index is 1090. The standard InChI is InChI=1S/C27H36N2O7/c1-16(2)12-20(26(30)36-7)28-27(31)29-11-10-17-13-23(34-5)24(35-6)15-19(17)25(29)18-8-9-21(32-3)22(14-18)33-4/h8-9,13-16,20,25H,10-12H2,1-7H3,(H,28,31)/t20-,25+/m0/s1. The van der Waals surface area contributed by atoms with Crippen molar-refractivity contribution in [1.82, 2.24) is 10.2 Å². The summed E-state index contributed by atoms with van der Waals surface area (Å²) in [6, 6.07) is 7.87. The molecule has 1 aliphatic rings. The quantitative estimate of drug-likeness (QED) is 0.521. The molecule has 0 spiro atoms. The lowest BCUT2D eigenvalue weighted by Gasteiger charge is -2.39. The van der Waals surface area contributed by atoms with Gasteiger partial charge in [0.15, 0.2) is 23.0 Å². The number of hydrogen-bond acceptors (Lipinski definition) is 7. The predicted octanol–water partition coefficient (Wildman–Crippen LogP) is 3.97. The Morgan fingerprint density at radius 1 is 0.917 bits per heavy atom. The smallest absolute Gasteiger partial charge is 0.328 e. The highest BCUT2D eigenvalue weighted by Crippen LogP contribution is 2.42. The molecule has 36 heavy (non-hydrogen) atoms. The van der Waals surface area contributed by atoms with Crippen LogP contribution in [0.15, 0.2) is 30.3 Å². The van der Waals surface area contributed by atoms with Gasteiger partial charge >= 0.3 is 12.0 Å². The van der Waals surface area contributed by atoms with Gasteiger partial charge in [-0.3, -0.25) is 0 Å². The van der Waals surface area contributed by atoms with E-state index in [0.29, 0.717) is 42.4 Å². The molecule has 2 aromatic carbocycles. The number of rotatable bonds is 9. The molecule has 1 N–H and O–H groups in total. The minimum Gasteiger partial charge on any atom is -0.493 e. The van der Waals surface area contributed by atoms with Crippen LogP contribution in [0.1, 0.15) is 43.0 Å². The molecule has 0 aromatic heterocycles. The van der Waals surface area contributed by atoms with Gasteiger partial charge < -0.3 is 33.9 Å². The number of ether oxygens (including phenoxy) is 5. The topological polar surface area (TPSA) is 95.6 Å². The van der Waals surface area contributed by atoms with Crippen molar-refractivity contribution < 1.29 is 33.3 Å². The molecule has 0 radical (unpaired) electrons. The highest BCUT2D eigenvalue weighted by Gasteiger charge is 2.35. The highest BCUT2D eigenvalue weighted by molar-refractivity contribution is 5.84. The lowest BCUT2D eigenvalue weighted by Crippen LogP contribution is -2.51. The molecule has 0 saturated carbocycles. The maximum absolute atomic E-state index is 13.7. The first-order valence-corrected chi connectivity index (χ1v) is 11.9. The zero-order valence-corrected chi connectivity index (χ0v) is 22.0. The van der Waals surface area contributed by atoms with E-state index >= 15 is 0 Å². The Morgan fingerprint density at radius 2 is 1.53 bits per heavy atom. The van der Waals surface area contributed by atoms with Crippen molar-refractivity contribution in [3.8, 4) is 23.0 Å². The molecule has 2 amide bonds. The summed E-state index contributed by atoms with van der Waals surface area (Å²) >= 11 is 0. The molecular weight excluding hydrogens is 464 g/mol. The first-order valence-electron chi connectivity index (χ1n) is 11.9. The molecule has 1 aliphatic heterocycles. The van der Waals surface area contributed by atoms with Crippen molar-refractivity contribution in [1.29, 1.82) is 0 Å². The lowest BCUT2D eigenvalue weighted by molar-refractivity contribution is -0.143. The van der Waals surface area contributed by atoms with Crippen molar-refractivity contribution in [3.05, 3.63) is 47.0 Å². The summed E-state index contributed by atoms with van der Waals surface area (Å²) in [5.74, 6) is 2.05. The van der Waals surface area contributed by atoms with Crippen molar-refractivity contribution >= 4 is 12.0 Å². The molecule has 9 heteroatoms. The molecule has 1 heterocycles. The Hall–Kier alpha value is -3.62. The van der Waals surface area contributed by atoms with Crippen molar-refractivity contribution in [2.24, 2.45) is 5.92 Å². The van der Waals surface area contributed by atoms with Crippen LogP contribution in [0.3, 0.4) is 0 Å². The number of methoxy groups -OCH3 is 5. The fourth-order valence-corrected chi connectivity index (χ4v) is 4.61. The Morgan fingerprint density at radius 3 is 2.11 bits per heavy atom. The van der Waals surface area contributed by atoms with E-state index < -0.39 is 18.1 Å². The number of carbonyl (C=O) groups excluding carboxylic acids is 2. The number of hydrogen-bond donors (Lipinski definition) is 1. The molecule has 9 nitrogen and oxygen atoms in total. The van der Waals surface area contributed by atoms with Gasteiger partial charge in [0.25, 0.3) is 0 Å². The maximum atomic E-state index is 13.7. The molecule has 0 aliphatic carbocycles. The number of nitrogens with one attached hydrogen (secondary N) is 1. The van der Waals surface area contributed by atoms with Gasteiger partial charge in [0.1, 0.15) is 6.04 Å². The summed E-state index contributed by atoms with van der Waals surface area (Å²) in [6.45, 7) is 4.42. The average molecular weight is 501 g/mol.